The van der Waals surface area contributed by atoms with E-state index in [4.69, 9.17) is 14.2 Å². The fraction of sp³-hybridized carbons (Fsp3) is 0.717. The predicted octanol–water partition coefficient (Wildman–Crippen LogP) is 15.9. The highest BCUT2D eigenvalue weighted by Crippen LogP contribution is 2.13. The summed E-state index contributed by atoms with van der Waals surface area (Å²) in [5.74, 6) is -0.939. The Labute approximate surface area is 363 Å². The molecule has 338 valence electrons. The highest BCUT2D eigenvalue weighted by Gasteiger charge is 2.19. The molecule has 1 atom stereocenters. The van der Waals surface area contributed by atoms with Crippen molar-refractivity contribution < 1.29 is 28.6 Å². The largest absolute Gasteiger partial charge is 0.462 e. The lowest BCUT2D eigenvalue weighted by atomic mass is 10.1. The molecular weight excluding hydrogens is 733 g/mol. The van der Waals surface area contributed by atoms with Gasteiger partial charge in [0.1, 0.15) is 13.2 Å². The van der Waals surface area contributed by atoms with Crippen LogP contribution in [0.2, 0.25) is 0 Å². The summed E-state index contributed by atoms with van der Waals surface area (Å²) < 4.78 is 16.7. The molecule has 0 aromatic carbocycles. The van der Waals surface area contributed by atoms with E-state index in [9.17, 15) is 14.4 Å². The van der Waals surface area contributed by atoms with Crippen LogP contribution in [0, 0.1) is 0 Å². The van der Waals surface area contributed by atoms with Gasteiger partial charge in [0.25, 0.3) is 0 Å². The van der Waals surface area contributed by atoms with E-state index in [1.807, 2.05) is 0 Å². The Hall–Kier alpha value is -3.15. The molecule has 1 unspecified atom stereocenters. The van der Waals surface area contributed by atoms with E-state index in [-0.39, 0.29) is 31.1 Å². The molecule has 0 amide bonds. The topological polar surface area (TPSA) is 78.9 Å². The van der Waals surface area contributed by atoms with Crippen molar-refractivity contribution in [3.05, 3.63) is 72.9 Å². The van der Waals surface area contributed by atoms with Crippen LogP contribution in [0.15, 0.2) is 72.9 Å². The molecule has 0 rings (SSSR count). The Morgan fingerprint density at radius 1 is 0.356 bits per heavy atom. The second-order valence-corrected chi connectivity index (χ2v) is 16.0. The summed E-state index contributed by atoms with van der Waals surface area (Å²) >= 11 is 0. The lowest BCUT2D eigenvalue weighted by molar-refractivity contribution is -0.167. The van der Waals surface area contributed by atoms with Crippen molar-refractivity contribution in [2.75, 3.05) is 13.2 Å². The fourth-order valence-corrected chi connectivity index (χ4v) is 6.52. The zero-order chi connectivity index (χ0) is 43.0. The van der Waals surface area contributed by atoms with Gasteiger partial charge in [-0.2, -0.15) is 0 Å². The summed E-state index contributed by atoms with van der Waals surface area (Å²) in [7, 11) is 0. The highest BCUT2D eigenvalue weighted by molar-refractivity contribution is 5.71. The lowest BCUT2D eigenvalue weighted by Gasteiger charge is -2.18. The molecule has 0 aliphatic rings. The second kappa shape index (κ2) is 47.5. The number of rotatable bonds is 43. The Morgan fingerprint density at radius 2 is 0.661 bits per heavy atom. The number of carbonyl (C=O) groups excluding carboxylic acids is 3. The van der Waals surface area contributed by atoms with E-state index in [1.165, 1.54) is 83.5 Å². The molecule has 0 spiro atoms. The molecule has 0 aromatic rings. The van der Waals surface area contributed by atoms with Crippen molar-refractivity contribution in [1.29, 1.82) is 0 Å². The first-order valence-electron chi connectivity index (χ1n) is 24.4. The predicted molar refractivity (Wildman–Crippen MR) is 251 cm³/mol. The molecule has 0 fully saturated rings. The van der Waals surface area contributed by atoms with Crippen LogP contribution in [0.25, 0.3) is 0 Å². The van der Waals surface area contributed by atoms with Crippen LogP contribution in [-0.2, 0) is 28.6 Å². The molecule has 0 aliphatic carbocycles. The average molecular weight is 823 g/mol. The van der Waals surface area contributed by atoms with E-state index in [0.29, 0.717) is 19.3 Å². The quantitative estimate of drug-likeness (QED) is 0.0264. The maximum atomic E-state index is 12.7. The minimum atomic E-state index is -0.792. The number of allylic oxidation sites excluding steroid dienone is 12. The van der Waals surface area contributed by atoms with Gasteiger partial charge in [-0.1, -0.05) is 190 Å². The van der Waals surface area contributed by atoms with Crippen LogP contribution in [0.3, 0.4) is 0 Å². The maximum Gasteiger partial charge on any atom is 0.306 e. The Bertz CT molecular complexity index is 1130. The third-order valence-electron chi connectivity index (χ3n) is 10.2. The molecular formula is C53H90O6. The summed E-state index contributed by atoms with van der Waals surface area (Å²) in [5.41, 5.74) is 0. The number of carbonyl (C=O) groups is 3. The van der Waals surface area contributed by atoms with Gasteiger partial charge in [0, 0.05) is 19.3 Å². The molecule has 0 N–H and O–H groups in total. The first kappa shape index (κ1) is 55.9. The smallest absolute Gasteiger partial charge is 0.306 e. The molecule has 0 aromatic heterocycles. The van der Waals surface area contributed by atoms with E-state index in [1.54, 1.807) is 0 Å². The number of ether oxygens (including phenoxy) is 3. The van der Waals surface area contributed by atoms with Gasteiger partial charge in [-0.3, -0.25) is 14.4 Å². The Balaban J connectivity index is 4.38. The van der Waals surface area contributed by atoms with Gasteiger partial charge in [0.2, 0.25) is 0 Å². The van der Waals surface area contributed by atoms with Crippen molar-refractivity contribution in [3.63, 3.8) is 0 Å². The molecule has 0 saturated heterocycles. The van der Waals surface area contributed by atoms with Gasteiger partial charge in [-0.05, 0) is 89.9 Å². The molecule has 0 heterocycles. The third kappa shape index (κ3) is 45.8. The summed E-state index contributed by atoms with van der Waals surface area (Å²) in [5, 5.41) is 0. The average Bonchev–Trinajstić information content (AvgIpc) is 3.23. The number of hydrogen-bond donors (Lipinski definition) is 0. The van der Waals surface area contributed by atoms with Crippen LogP contribution in [0.4, 0.5) is 0 Å². The summed E-state index contributed by atoms with van der Waals surface area (Å²) in [4.78, 5) is 37.8. The summed E-state index contributed by atoms with van der Waals surface area (Å²) in [6.07, 6.45) is 58.9. The minimum Gasteiger partial charge on any atom is -0.462 e. The SMILES string of the molecule is CC/C=C\C/C=C\C/C=C\CCCCCC(=O)OC(COC(=O)CCCCCCCC/C=C\C/C=C\C/C=C\CCCCC)COC(=O)CCCCCCCCCCC. The third-order valence-corrected chi connectivity index (χ3v) is 10.2. The molecule has 0 bridgehead atoms. The minimum absolute atomic E-state index is 0.0911. The van der Waals surface area contributed by atoms with Crippen molar-refractivity contribution in [1.82, 2.24) is 0 Å². The Morgan fingerprint density at radius 3 is 1.08 bits per heavy atom. The molecule has 59 heavy (non-hydrogen) atoms. The van der Waals surface area contributed by atoms with Crippen LogP contribution >= 0.6 is 0 Å². The number of hydrogen-bond acceptors (Lipinski definition) is 6. The van der Waals surface area contributed by atoms with Gasteiger partial charge >= 0.3 is 17.9 Å². The van der Waals surface area contributed by atoms with Gasteiger partial charge in [0.05, 0.1) is 0 Å². The normalized spacial score (nSPS) is 12.7. The summed E-state index contributed by atoms with van der Waals surface area (Å²) in [6.45, 7) is 6.43. The summed E-state index contributed by atoms with van der Waals surface area (Å²) in [6, 6.07) is 0. The van der Waals surface area contributed by atoms with Crippen molar-refractivity contribution in [2.45, 2.75) is 232 Å². The van der Waals surface area contributed by atoms with Crippen LogP contribution < -0.4 is 0 Å². The molecule has 6 nitrogen and oxygen atoms in total. The van der Waals surface area contributed by atoms with Crippen LogP contribution in [-0.4, -0.2) is 37.2 Å². The number of unbranched alkanes of at least 4 members (excludes halogenated alkanes) is 20. The van der Waals surface area contributed by atoms with Gasteiger partial charge in [-0.15, -0.1) is 0 Å². The van der Waals surface area contributed by atoms with Crippen molar-refractivity contribution >= 4 is 17.9 Å². The monoisotopic (exact) mass is 823 g/mol. The molecule has 0 radical (unpaired) electrons. The first-order chi connectivity index (χ1) is 29.0. The van der Waals surface area contributed by atoms with E-state index >= 15 is 0 Å². The zero-order valence-corrected chi connectivity index (χ0v) is 38.5. The van der Waals surface area contributed by atoms with Gasteiger partial charge < -0.3 is 14.2 Å². The maximum absolute atomic E-state index is 12.7. The van der Waals surface area contributed by atoms with E-state index in [0.717, 1.165) is 103 Å². The van der Waals surface area contributed by atoms with Crippen LogP contribution in [0.5, 0.6) is 0 Å². The Kier molecular flexibility index (Phi) is 45.0. The standard InChI is InChI=1S/C53H90O6/c1-4-7-10-13-16-19-21-23-24-25-26-27-28-30-31-34-37-40-43-46-52(55)58-49-50(48-57-51(54)45-42-39-36-33-18-15-12-9-6-3)59-53(56)47-44-41-38-35-32-29-22-20-17-14-11-8-5-2/h8,11,16-17,19-20,23-24,26-27,29,32,50H,4-7,9-10,12-15,18,21-22,25,28,30-31,33-49H2,1-3H3/b11-8-,19-16-,20-17-,24-23-,27-26-,32-29-. The van der Waals surface area contributed by atoms with Gasteiger partial charge in [-0.25, -0.2) is 0 Å². The molecule has 0 saturated carbocycles. The van der Waals surface area contributed by atoms with Crippen molar-refractivity contribution in [2.24, 2.45) is 0 Å². The highest BCUT2D eigenvalue weighted by atomic mass is 16.6. The zero-order valence-electron chi connectivity index (χ0n) is 38.5. The van der Waals surface area contributed by atoms with Crippen LogP contribution in [0.1, 0.15) is 226 Å². The first-order valence-corrected chi connectivity index (χ1v) is 24.4. The van der Waals surface area contributed by atoms with E-state index in [2.05, 4.69) is 93.7 Å². The molecule has 0 aliphatic heterocycles. The lowest BCUT2D eigenvalue weighted by Crippen LogP contribution is -2.30. The second-order valence-electron chi connectivity index (χ2n) is 16.0. The van der Waals surface area contributed by atoms with Gasteiger partial charge in [0.15, 0.2) is 6.10 Å². The molecule has 6 heteroatoms. The number of esters is 3. The fourth-order valence-electron chi connectivity index (χ4n) is 6.52. The van der Waals surface area contributed by atoms with Crippen molar-refractivity contribution in [3.8, 4) is 0 Å². The van der Waals surface area contributed by atoms with E-state index < -0.39 is 6.10 Å².